The lowest BCUT2D eigenvalue weighted by atomic mass is 9.98. The molecule has 0 saturated carbocycles. The first-order chi connectivity index (χ1) is 14.2. The first kappa shape index (κ1) is 18.5. The number of likely N-dealkylation sites (tertiary alicyclic amines) is 1. The van der Waals surface area contributed by atoms with Crippen LogP contribution in [0.1, 0.15) is 21.6 Å². The molecule has 4 heterocycles. The van der Waals surface area contributed by atoms with Gasteiger partial charge in [-0.15, -0.1) is 0 Å². The summed E-state index contributed by atoms with van der Waals surface area (Å²) in [4.78, 5) is 25.3. The molecule has 0 radical (unpaired) electrons. The van der Waals surface area contributed by atoms with Gasteiger partial charge >= 0.3 is 0 Å². The zero-order chi connectivity index (χ0) is 19.8. The van der Waals surface area contributed by atoms with E-state index in [0.29, 0.717) is 37.8 Å². The summed E-state index contributed by atoms with van der Waals surface area (Å²) in [7, 11) is 0. The Labute approximate surface area is 169 Å². The molecule has 152 valence electrons. The number of carbonyl (C=O) groups is 1. The maximum Gasteiger partial charge on any atom is 0.272 e. The highest BCUT2D eigenvalue weighted by atomic mass is 16.5. The average molecular weight is 395 g/mol. The number of aliphatic hydroxyl groups is 1. The number of nitrogens with one attached hydrogen (secondary N) is 1. The van der Waals surface area contributed by atoms with Gasteiger partial charge in [-0.1, -0.05) is 24.3 Å². The molecule has 3 aliphatic rings. The molecule has 2 atom stereocenters. The standard InChI is InChI=1S/C21H25N5O3/c27-19-10-26(9-18(19)25-6-5-14-3-1-2-4-15(14)8-25)21(28)17-7-20(23-13-22-17)24-16-11-29-12-16/h1-4,7,13,16,18-19,27H,5-6,8-12H2,(H,22,23,24)/t18-,19+/m0/s1. The number of carbonyl (C=O) groups excluding carboxylic acids is 1. The Balaban J connectivity index is 1.26. The van der Waals surface area contributed by atoms with Crippen LogP contribution >= 0.6 is 0 Å². The van der Waals surface area contributed by atoms with Gasteiger partial charge in [0.2, 0.25) is 0 Å². The van der Waals surface area contributed by atoms with Gasteiger partial charge < -0.3 is 20.1 Å². The molecule has 0 aliphatic carbocycles. The van der Waals surface area contributed by atoms with Crippen LogP contribution in [0.2, 0.25) is 0 Å². The minimum atomic E-state index is -0.559. The van der Waals surface area contributed by atoms with Crippen molar-refractivity contribution in [3.63, 3.8) is 0 Å². The molecule has 1 aromatic carbocycles. The van der Waals surface area contributed by atoms with Gasteiger partial charge in [-0.2, -0.15) is 0 Å². The molecule has 0 unspecified atom stereocenters. The fourth-order valence-electron chi connectivity index (χ4n) is 4.34. The maximum atomic E-state index is 13.0. The maximum absolute atomic E-state index is 13.0. The molecule has 29 heavy (non-hydrogen) atoms. The van der Waals surface area contributed by atoms with Crippen LogP contribution in [0.15, 0.2) is 36.7 Å². The van der Waals surface area contributed by atoms with Crippen molar-refractivity contribution >= 4 is 11.7 Å². The molecule has 1 aromatic heterocycles. The molecule has 2 aromatic rings. The van der Waals surface area contributed by atoms with Crippen LogP contribution in [-0.2, 0) is 17.7 Å². The highest BCUT2D eigenvalue weighted by Crippen LogP contribution is 2.25. The fraction of sp³-hybridized carbons (Fsp3) is 0.476. The number of aromatic nitrogens is 2. The lowest BCUT2D eigenvalue weighted by Gasteiger charge is -2.34. The number of fused-ring (bicyclic) bond motifs is 1. The summed E-state index contributed by atoms with van der Waals surface area (Å²) in [5, 5.41) is 13.9. The SMILES string of the molecule is O=C(c1cc(NC2COC2)ncn1)N1C[C@@H](O)[C@@H](N2CCc3ccccc3C2)C1. The number of ether oxygens (including phenoxy) is 1. The molecule has 8 nitrogen and oxygen atoms in total. The molecule has 0 spiro atoms. The van der Waals surface area contributed by atoms with E-state index in [1.165, 1.54) is 17.5 Å². The topological polar surface area (TPSA) is 90.8 Å². The van der Waals surface area contributed by atoms with Crippen molar-refractivity contribution in [2.45, 2.75) is 31.2 Å². The van der Waals surface area contributed by atoms with Crippen molar-refractivity contribution in [1.82, 2.24) is 19.8 Å². The molecule has 3 aliphatic heterocycles. The smallest absolute Gasteiger partial charge is 0.272 e. The molecular weight excluding hydrogens is 370 g/mol. The Hall–Kier alpha value is -2.55. The van der Waals surface area contributed by atoms with Crippen molar-refractivity contribution in [2.24, 2.45) is 0 Å². The van der Waals surface area contributed by atoms with E-state index in [0.717, 1.165) is 19.5 Å². The lowest BCUT2D eigenvalue weighted by molar-refractivity contribution is 0.0209. The number of aliphatic hydroxyl groups excluding tert-OH is 1. The molecule has 1 amide bonds. The molecule has 2 saturated heterocycles. The van der Waals surface area contributed by atoms with E-state index in [1.54, 1.807) is 11.0 Å². The van der Waals surface area contributed by atoms with Crippen LogP contribution in [0, 0.1) is 0 Å². The van der Waals surface area contributed by atoms with Gasteiger partial charge in [-0.3, -0.25) is 9.69 Å². The average Bonchev–Trinajstić information content (AvgIpc) is 3.11. The summed E-state index contributed by atoms with van der Waals surface area (Å²) in [6.07, 6.45) is 1.82. The Morgan fingerprint density at radius 2 is 2.00 bits per heavy atom. The first-order valence-electron chi connectivity index (χ1n) is 10.1. The third-order valence-electron chi connectivity index (χ3n) is 6.05. The van der Waals surface area contributed by atoms with Gasteiger partial charge in [0.15, 0.2) is 0 Å². The van der Waals surface area contributed by atoms with Gasteiger partial charge in [-0.25, -0.2) is 9.97 Å². The second-order valence-electron chi connectivity index (χ2n) is 8.00. The van der Waals surface area contributed by atoms with E-state index in [9.17, 15) is 9.90 Å². The summed E-state index contributed by atoms with van der Waals surface area (Å²) in [5.74, 6) is 0.458. The van der Waals surface area contributed by atoms with Gasteiger partial charge in [0.25, 0.3) is 5.91 Å². The fourth-order valence-corrected chi connectivity index (χ4v) is 4.34. The predicted octanol–water partition coefficient (Wildman–Crippen LogP) is 0.531. The van der Waals surface area contributed by atoms with Crippen LogP contribution < -0.4 is 5.32 Å². The molecular formula is C21H25N5O3. The zero-order valence-corrected chi connectivity index (χ0v) is 16.2. The number of hydrogen-bond donors (Lipinski definition) is 2. The van der Waals surface area contributed by atoms with Gasteiger partial charge in [0, 0.05) is 32.2 Å². The number of anilines is 1. The monoisotopic (exact) mass is 395 g/mol. The van der Waals surface area contributed by atoms with Crippen LogP contribution in [-0.4, -0.2) is 81.8 Å². The minimum absolute atomic E-state index is 0.0566. The summed E-state index contributed by atoms with van der Waals surface area (Å²) in [6, 6.07) is 10.3. The predicted molar refractivity (Wildman–Crippen MR) is 107 cm³/mol. The number of benzene rings is 1. The zero-order valence-electron chi connectivity index (χ0n) is 16.2. The third-order valence-corrected chi connectivity index (χ3v) is 6.05. The largest absolute Gasteiger partial charge is 0.390 e. The van der Waals surface area contributed by atoms with Crippen molar-refractivity contribution in [2.75, 3.05) is 38.2 Å². The number of β-amino-alcohol motifs (C(OH)–C–C–N with tert-alkyl or cyclic N) is 1. The summed E-state index contributed by atoms with van der Waals surface area (Å²) < 4.78 is 5.16. The Kier molecular flexibility index (Phi) is 4.91. The lowest BCUT2D eigenvalue weighted by Crippen LogP contribution is -2.45. The quantitative estimate of drug-likeness (QED) is 0.780. The number of nitrogens with zero attached hydrogens (tertiary/aromatic N) is 4. The van der Waals surface area contributed by atoms with Crippen LogP contribution in [0.25, 0.3) is 0 Å². The van der Waals surface area contributed by atoms with Gasteiger partial charge in [0.1, 0.15) is 17.8 Å². The molecule has 5 rings (SSSR count). The van der Waals surface area contributed by atoms with E-state index in [1.807, 2.05) is 0 Å². The van der Waals surface area contributed by atoms with E-state index >= 15 is 0 Å². The summed E-state index contributed by atoms with van der Waals surface area (Å²) in [5.41, 5.74) is 3.03. The minimum Gasteiger partial charge on any atom is -0.390 e. The van der Waals surface area contributed by atoms with Crippen molar-refractivity contribution in [3.8, 4) is 0 Å². The Bertz CT molecular complexity index is 903. The Morgan fingerprint density at radius 1 is 1.17 bits per heavy atom. The van der Waals surface area contributed by atoms with Gasteiger partial charge in [-0.05, 0) is 17.5 Å². The highest BCUT2D eigenvalue weighted by molar-refractivity contribution is 5.93. The number of rotatable bonds is 4. The van der Waals surface area contributed by atoms with Crippen LogP contribution in [0.4, 0.5) is 5.82 Å². The van der Waals surface area contributed by atoms with Crippen LogP contribution in [0.3, 0.4) is 0 Å². The van der Waals surface area contributed by atoms with Crippen molar-refractivity contribution < 1.29 is 14.6 Å². The van der Waals surface area contributed by atoms with Crippen molar-refractivity contribution in [1.29, 1.82) is 0 Å². The molecule has 8 heteroatoms. The van der Waals surface area contributed by atoms with Crippen LogP contribution in [0.5, 0.6) is 0 Å². The van der Waals surface area contributed by atoms with E-state index < -0.39 is 6.10 Å². The normalized spacial score (nSPS) is 24.8. The Morgan fingerprint density at radius 3 is 2.79 bits per heavy atom. The second kappa shape index (κ2) is 7.70. The van der Waals surface area contributed by atoms with E-state index in [4.69, 9.17) is 4.74 Å². The molecule has 2 fully saturated rings. The summed E-state index contributed by atoms with van der Waals surface area (Å²) >= 11 is 0. The third kappa shape index (κ3) is 3.71. The summed E-state index contributed by atoms with van der Waals surface area (Å²) in [6.45, 7) is 3.82. The molecule has 0 bridgehead atoms. The second-order valence-corrected chi connectivity index (χ2v) is 8.00. The van der Waals surface area contributed by atoms with E-state index in [2.05, 4.69) is 44.5 Å². The van der Waals surface area contributed by atoms with Crippen molar-refractivity contribution in [3.05, 3.63) is 53.5 Å². The van der Waals surface area contributed by atoms with E-state index in [-0.39, 0.29) is 18.0 Å². The molecule has 2 N–H and O–H groups in total. The first-order valence-corrected chi connectivity index (χ1v) is 10.1. The van der Waals surface area contributed by atoms with Gasteiger partial charge in [0.05, 0.1) is 31.4 Å². The number of amides is 1. The highest BCUT2D eigenvalue weighted by Gasteiger charge is 2.39. The number of hydrogen-bond acceptors (Lipinski definition) is 7.